The van der Waals surface area contributed by atoms with Crippen molar-refractivity contribution in [2.75, 3.05) is 13.7 Å². The van der Waals surface area contributed by atoms with Crippen molar-refractivity contribution in [1.29, 1.82) is 0 Å². The quantitative estimate of drug-likeness (QED) is 0.805. The van der Waals surface area contributed by atoms with E-state index in [1.54, 1.807) is 18.4 Å². The van der Waals surface area contributed by atoms with Crippen LogP contribution < -0.4 is 27.2 Å². The lowest BCUT2D eigenvalue weighted by molar-refractivity contribution is -0.00000460. The first kappa shape index (κ1) is 16.8. The molecule has 3 nitrogen and oxygen atoms in total. The molecule has 0 aliphatic carbocycles. The Balaban J connectivity index is 0.00000200. The van der Waals surface area contributed by atoms with Crippen molar-refractivity contribution in [2.45, 2.75) is 20.0 Å². The van der Waals surface area contributed by atoms with E-state index >= 15 is 0 Å². The van der Waals surface area contributed by atoms with Crippen LogP contribution in [0.15, 0.2) is 35.7 Å². The van der Waals surface area contributed by atoms with Gasteiger partial charge in [0.25, 0.3) is 0 Å². The Kier molecular flexibility index (Phi) is 7.44. The zero-order valence-corrected chi connectivity index (χ0v) is 13.3. The summed E-state index contributed by atoms with van der Waals surface area (Å²) in [6.07, 6.45) is 0. The van der Waals surface area contributed by atoms with Gasteiger partial charge in [-0.1, -0.05) is 12.1 Å². The topological polar surface area (TPSA) is 30.5 Å². The van der Waals surface area contributed by atoms with Gasteiger partial charge >= 0.3 is 0 Å². The molecule has 0 aliphatic rings. The Bertz CT molecular complexity index is 503. The predicted molar refractivity (Wildman–Crippen MR) is 79.0 cm³/mol. The Hall–Kier alpha value is -1.23. The number of thiophene rings is 1. The molecule has 2 aromatic rings. The highest BCUT2D eigenvalue weighted by Gasteiger charge is 2.05. The standard InChI is InChI=1S/C15H19NO2S.ClH/c1-3-18-14-7-6-12(9-15(14)17-2)10-16-11-13-5-4-8-19-13;/h4-9,16H,3,10-11H2,1-2H3;1H/p-1. The third-order valence-electron chi connectivity index (χ3n) is 2.74. The number of hydrogen-bond donors (Lipinski definition) is 1. The minimum atomic E-state index is 0. The van der Waals surface area contributed by atoms with Gasteiger partial charge in [-0.3, -0.25) is 0 Å². The van der Waals surface area contributed by atoms with Gasteiger partial charge < -0.3 is 27.2 Å². The van der Waals surface area contributed by atoms with Gasteiger partial charge in [-0.2, -0.15) is 0 Å². The smallest absolute Gasteiger partial charge is 0.161 e. The van der Waals surface area contributed by atoms with Crippen molar-refractivity contribution >= 4 is 11.3 Å². The Labute approximate surface area is 130 Å². The first-order chi connectivity index (χ1) is 9.33. The van der Waals surface area contributed by atoms with Crippen molar-refractivity contribution in [3.05, 3.63) is 46.2 Å². The number of halogens is 1. The largest absolute Gasteiger partial charge is 1.00 e. The maximum absolute atomic E-state index is 5.50. The fourth-order valence-electron chi connectivity index (χ4n) is 1.84. The van der Waals surface area contributed by atoms with Crippen molar-refractivity contribution in [2.24, 2.45) is 0 Å². The zero-order valence-electron chi connectivity index (χ0n) is 11.7. The number of rotatable bonds is 7. The molecule has 2 rings (SSSR count). The van der Waals surface area contributed by atoms with Crippen LogP contribution in [-0.2, 0) is 13.1 Å². The Morgan fingerprint density at radius 2 is 2.00 bits per heavy atom. The van der Waals surface area contributed by atoms with E-state index in [0.717, 1.165) is 24.6 Å². The molecule has 0 fully saturated rings. The molecule has 20 heavy (non-hydrogen) atoms. The summed E-state index contributed by atoms with van der Waals surface area (Å²) in [5.74, 6) is 1.59. The lowest BCUT2D eigenvalue weighted by atomic mass is 10.2. The van der Waals surface area contributed by atoms with Crippen LogP contribution in [0.25, 0.3) is 0 Å². The van der Waals surface area contributed by atoms with Gasteiger partial charge in [0, 0.05) is 18.0 Å². The summed E-state index contributed by atoms with van der Waals surface area (Å²) in [7, 11) is 1.67. The lowest BCUT2D eigenvalue weighted by Crippen LogP contribution is -3.00. The van der Waals surface area contributed by atoms with E-state index in [4.69, 9.17) is 9.47 Å². The van der Waals surface area contributed by atoms with E-state index in [2.05, 4.69) is 28.9 Å². The summed E-state index contributed by atoms with van der Waals surface area (Å²) in [6.45, 7) is 4.33. The third-order valence-corrected chi connectivity index (χ3v) is 3.61. The summed E-state index contributed by atoms with van der Waals surface area (Å²) in [6, 6.07) is 10.3. The minimum Gasteiger partial charge on any atom is -1.00 e. The molecule has 0 radical (unpaired) electrons. The monoisotopic (exact) mass is 312 g/mol. The molecule has 0 saturated carbocycles. The van der Waals surface area contributed by atoms with Gasteiger partial charge in [0.2, 0.25) is 0 Å². The highest BCUT2D eigenvalue weighted by atomic mass is 35.5. The molecule has 1 aromatic carbocycles. The Morgan fingerprint density at radius 3 is 2.65 bits per heavy atom. The summed E-state index contributed by atoms with van der Waals surface area (Å²) >= 11 is 1.77. The lowest BCUT2D eigenvalue weighted by Gasteiger charge is -2.11. The summed E-state index contributed by atoms with van der Waals surface area (Å²) in [5, 5.41) is 5.52. The van der Waals surface area contributed by atoms with Crippen LogP contribution in [0.1, 0.15) is 17.4 Å². The van der Waals surface area contributed by atoms with Gasteiger partial charge in [0.1, 0.15) is 0 Å². The molecule has 0 atom stereocenters. The maximum atomic E-state index is 5.50. The molecule has 0 bridgehead atoms. The first-order valence-electron chi connectivity index (χ1n) is 6.36. The molecule has 1 N–H and O–H groups in total. The molecular weight excluding hydrogens is 294 g/mol. The second kappa shape index (κ2) is 8.84. The fourth-order valence-corrected chi connectivity index (χ4v) is 2.51. The van der Waals surface area contributed by atoms with Crippen LogP contribution in [0.4, 0.5) is 0 Å². The molecule has 1 aromatic heterocycles. The molecule has 0 saturated heterocycles. The normalized spacial score (nSPS) is 9.90. The molecule has 110 valence electrons. The van der Waals surface area contributed by atoms with E-state index in [1.807, 2.05) is 19.1 Å². The highest BCUT2D eigenvalue weighted by Crippen LogP contribution is 2.27. The SMILES string of the molecule is CCOc1ccc(CNCc2cccs2)cc1OC.[Cl-]. The third kappa shape index (κ3) is 4.71. The average Bonchev–Trinajstić information content (AvgIpc) is 2.94. The van der Waals surface area contributed by atoms with Crippen LogP contribution in [0.5, 0.6) is 11.5 Å². The molecule has 0 unspecified atom stereocenters. The molecule has 5 heteroatoms. The summed E-state index contributed by atoms with van der Waals surface area (Å²) < 4.78 is 10.8. The second-order valence-corrected chi connectivity index (χ2v) is 5.13. The van der Waals surface area contributed by atoms with E-state index in [1.165, 1.54) is 10.4 Å². The molecule has 1 heterocycles. The molecule has 0 spiro atoms. The van der Waals surface area contributed by atoms with Crippen molar-refractivity contribution in [3.8, 4) is 11.5 Å². The van der Waals surface area contributed by atoms with Crippen LogP contribution in [0, 0.1) is 0 Å². The summed E-state index contributed by atoms with van der Waals surface area (Å²) in [4.78, 5) is 1.35. The highest BCUT2D eigenvalue weighted by molar-refractivity contribution is 7.09. The van der Waals surface area contributed by atoms with Gasteiger partial charge in [0.05, 0.1) is 13.7 Å². The fraction of sp³-hybridized carbons (Fsp3) is 0.333. The van der Waals surface area contributed by atoms with E-state index < -0.39 is 0 Å². The van der Waals surface area contributed by atoms with E-state index in [-0.39, 0.29) is 12.4 Å². The first-order valence-corrected chi connectivity index (χ1v) is 7.24. The molecule has 0 aliphatic heterocycles. The number of ether oxygens (including phenoxy) is 2. The molecular formula is C15H19ClNO2S-. The maximum Gasteiger partial charge on any atom is 0.161 e. The van der Waals surface area contributed by atoms with Crippen molar-refractivity contribution in [1.82, 2.24) is 5.32 Å². The zero-order chi connectivity index (χ0) is 13.5. The van der Waals surface area contributed by atoms with Gasteiger partial charge in [-0.25, -0.2) is 0 Å². The number of hydrogen-bond acceptors (Lipinski definition) is 4. The van der Waals surface area contributed by atoms with Crippen LogP contribution in [0.3, 0.4) is 0 Å². The van der Waals surface area contributed by atoms with Crippen molar-refractivity contribution in [3.63, 3.8) is 0 Å². The van der Waals surface area contributed by atoms with Gasteiger partial charge in [-0.15, -0.1) is 11.3 Å². The second-order valence-electron chi connectivity index (χ2n) is 4.10. The van der Waals surface area contributed by atoms with Crippen molar-refractivity contribution < 1.29 is 21.9 Å². The van der Waals surface area contributed by atoms with Crippen LogP contribution in [-0.4, -0.2) is 13.7 Å². The number of methoxy groups -OCH3 is 1. The van der Waals surface area contributed by atoms with Crippen LogP contribution in [0.2, 0.25) is 0 Å². The average molecular weight is 313 g/mol. The Morgan fingerprint density at radius 1 is 1.15 bits per heavy atom. The summed E-state index contributed by atoms with van der Waals surface area (Å²) in [5.41, 5.74) is 1.19. The molecule has 0 amide bonds. The minimum absolute atomic E-state index is 0. The predicted octanol–water partition coefficient (Wildman–Crippen LogP) is 0.449. The van der Waals surface area contributed by atoms with Gasteiger partial charge in [0.15, 0.2) is 11.5 Å². The van der Waals surface area contributed by atoms with Gasteiger partial charge in [-0.05, 0) is 36.1 Å². The van der Waals surface area contributed by atoms with E-state index in [9.17, 15) is 0 Å². The van der Waals surface area contributed by atoms with E-state index in [0.29, 0.717) is 6.61 Å². The number of nitrogens with one attached hydrogen (secondary N) is 1. The van der Waals surface area contributed by atoms with Crippen LogP contribution >= 0.6 is 11.3 Å². The number of benzene rings is 1.